The Morgan fingerprint density at radius 1 is 1.17 bits per heavy atom. The Hall–Kier alpha value is -1.95. The van der Waals surface area contributed by atoms with Crippen LogP contribution in [0.5, 0.6) is 0 Å². The molecule has 1 aliphatic carbocycles. The van der Waals surface area contributed by atoms with Gasteiger partial charge in [0, 0.05) is 22.3 Å². The lowest BCUT2D eigenvalue weighted by atomic mass is 10.2. The van der Waals surface area contributed by atoms with Crippen LogP contribution < -0.4 is 10.6 Å². The molecule has 2 N–H and O–H groups in total. The van der Waals surface area contributed by atoms with E-state index in [0.29, 0.717) is 17.6 Å². The van der Waals surface area contributed by atoms with E-state index < -0.39 is 0 Å². The average Bonchev–Trinajstić information content (AvgIpc) is 3.03. The lowest BCUT2D eigenvalue weighted by molar-refractivity contribution is 0.102. The van der Waals surface area contributed by atoms with Gasteiger partial charge in [-0.2, -0.15) is 0 Å². The number of benzene rings is 1. The van der Waals surface area contributed by atoms with Crippen LogP contribution in [0.4, 0.5) is 11.5 Å². The molecule has 126 valence electrons. The van der Waals surface area contributed by atoms with Gasteiger partial charge in [0.25, 0.3) is 5.91 Å². The molecule has 0 bridgehead atoms. The van der Waals surface area contributed by atoms with Crippen molar-refractivity contribution >= 4 is 33.3 Å². The van der Waals surface area contributed by atoms with Gasteiger partial charge in [0.15, 0.2) is 0 Å². The molecule has 0 spiro atoms. The first kappa shape index (κ1) is 16.9. The third kappa shape index (κ3) is 4.12. The molecule has 6 heteroatoms. The van der Waals surface area contributed by atoms with Crippen molar-refractivity contribution in [1.29, 1.82) is 0 Å². The van der Waals surface area contributed by atoms with Crippen molar-refractivity contribution in [1.82, 2.24) is 9.97 Å². The third-order valence-electron chi connectivity index (χ3n) is 4.21. The van der Waals surface area contributed by atoms with Crippen LogP contribution in [0, 0.1) is 13.8 Å². The van der Waals surface area contributed by atoms with E-state index in [-0.39, 0.29) is 5.91 Å². The standard InChI is InChI=1S/C18H21BrN4O/c1-11-7-8-14(9-15(11)19)23-18(24)16-10-17(21-12(2)20-16)22-13-5-3-4-6-13/h7-10,13H,3-6H2,1-2H3,(H,23,24)(H,20,21,22). The van der Waals surface area contributed by atoms with E-state index in [0.717, 1.165) is 34.4 Å². The van der Waals surface area contributed by atoms with Crippen molar-refractivity contribution in [2.24, 2.45) is 0 Å². The Kier molecular flexibility index (Phi) is 5.14. The molecular formula is C18H21BrN4O. The molecule has 1 amide bonds. The highest BCUT2D eigenvalue weighted by atomic mass is 79.9. The molecule has 1 heterocycles. The van der Waals surface area contributed by atoms with Gasteiger partial charge in [0.05, 0.1) is 0 Å². The minimum Gasteiger partial charge on any atom is -0.367 e. The fourth-order valence-corrected chi connectivity index (χ4v) is 3.28. The number of carbonyl (C=O) groups is 1. The van der Waals surface area contributed by atoms with Crippen LogP contribution in [0.15, 0.2) is 28.7 Å². The Balaban J connectivity index is 1.75. The normalized spacial score (nSPS) is 14.6. The summed E-state index contributed by atoms with van der Waals surface area (Å²) in [4.78, 5) is 21.2. The number of hydrogen-bond donors (Lipinski definition) is 2. The molecule has 24 heavy (non-hydrogen) atoms. The van der Waals surface area contributed by atoms with Crippen molar-refractivity contribution in [3.05, 3.63) is 45.8 Å². The highest BCUT2D eigenvalue weighted by Gasteiger charge is 2.17. The van der Waals surface area contributed by atoms with Crippen LogP contribution in [-0.4, -0.2) is 21.9 Å². The molecule has 1 aliphatic rings. The number of aryl methyl sites for hydroxylation is 2. The number of halogens is 1. The zero-order chi connectivity index (χ0) is 17.1. The van der Waals surface area contributed by atoms with Gasteiger partial charge in [-0.15, -0.1) is 0 Å². The molecule has 5 nitrogen and oxygen atoms in total. The Bertz CT molecular complexity index is 757. The minimum atomic E-state index is -0.231. The maximum absolute atomic E-state index is 12.5. The van der Waals surface area contributed by atoms with Crippen molar-refractivity contribution in [3.8, 4) is 0 Å². The van der Waals surface area contributed by atoms with Gasteiger partial charge < -0.3 is 10.6 Å². The fraction of sp³-hybridized carbons (Fsp3) is 0.389. The van der Waals surface area contributed by atoms with Gasteiger partial charge in [-0.1, -0.05) is 34.8 Å². The number of carbonyl (C=O) groups excluding carboxylic acids is 1. The highest BCUT2D eigenvalue weighted by molar-refractivity contribution is 9.10. The molecule has 0 unspecified atom stereocenters. The second kappa shape index (κ2) is 7.30. The molecule has 0 atom stereocenters. The molecule has 1 saturated carbocycles. The molecule has 1 fully saturated rings. The number of amides is 1. The van der Waals surface area contributed by atoms with E-state index >= 15 is 0 Å². The van der Waals surface area contributed by atoms with E-state index in [9.17, 15) is 4.79 Å². The zero-order valence-electron chi connectivity index (χ0n) is 13.9. The first-order chi connectivity index (χ1) is 11.5. The predicted molar refractivity (Wildman–Crippen MR) is 99.5 cm³/mol. The Morgan fingerprint density at radius 3 is 2.62 bits per heavy atom. The van der Waals surface area contributed by atoms with Gasteiger partial charge in [-0.25, -0.2) is 9.97 Å². The molecule has 0 saturated heterocycles. The van der Waals surface area contributed by atoms with Crippen molar-refractivity contribution in [2.75, 3.05) is 10.6 Å². The number of nitrogens with zero attached hydrogens (tertiary/aromatic N) is 2. The first-order valence-corrected chi connectivity index (χ1v) is 9.00. The molecular weight excluding hydrogens is 368 g/mol. The fourth-order valence-electron chi connectivity index (χ4n) is 2.90. The molecule has 0 radical (unpaired) electrons. The molecule has 3 rings (SSSR count). The molecule has 2 aromatic rings. The zero-order valence-corrected chi connectivity index (χ0v) is 15.5. The predicted octanol–water partition coefficient (Wildman–Crippen LogP) is 4.46. The summed E-state index contributed by atoms with van der Waals surface area (Å²) < 4.78 is 0.961. The monoisotopic (exact) mass is 388 g/mol. The number of rotatable bonds is 4. The SMILES string of the molecule is Cc1nc(NC2CCCC2)cc(C(=O)Nc2ccc(C)c(Br)c2)n1. The maximum Gasteiger partial charge on any atom is 0.274 e. The van der Waals surface area contributed by atoms with Gasteiger partial charge in [-0.05, 0) is 44.4 Å². The van der Waals surface area contributed by atoms with Gasteiger partial charge in [0.1, 0.15) is 17.3 Å². The summed E-state index contributed by atoms with van der Waals surface area (Å²) in [6.07, 6.45) is 4.80. The van der Waals surface area contributed by atoms with Crippen LogP contribution in [-0.2, 0) is 0 Å². The summed E-state index contributed by atoms with van der Waals surface area (Å²) in [6, 6.07) is 7.90. The molecule has 1 aromatic carbocycles. The topological polar surface area (TPSA) is 66.9 Å². The average molecular weight is 389 g/mol. The van der Waals surface area contributed by atoms with Crippen molar-refractivity contribution in [3.63, 3.8) is 0 Å². The van der Waals surface area contributed by atoms with Crippen LogP contribution in [0.2, 0.25) is 0 Å². The number of hydrogen-bond acceptors (Lipinski definition) is 4. The lowest BCUT2D eigenvalue weighted by Crippen LogP contribution is -2.19. The highest BCUT2D eigenvalue weighted by Crippen LogP contribution is 2.23. The van der Waals surface area contributed by atoms with E-state index in [2.05, 4.69) is 36.5 Å². The van der Waals surface area contributed by atoms with Crippen molar-refractivity contribution in [2.45, 2.75) is 45.6 Å². The quantitative estimate of drug-likeness (QED) is 0.810. The summed E-state index contributed by atoms with van der Waals surface area (Å²) in [5.41, 5.74) is 2.23. The lowest BCUT2D eigenvalue weighted by Gasteiger charge is -2.14. The second-order valence-electron chi connectivity index (χ2n) is 6.23. The van der Waals surface area contributed by atoms with Crippen molar-refractivity contribution < 1.29 is 4.79 Å². The molecule has 0 aliphatic heterocycles. The van der Waals surface area contributed by atoms with Crippen LogP contribution in [0.1, 0.15) is 47.6 Å². The molecule has 1 aromatic heterocycles. The first-order valence-electron chi connectivity index (χ1n) is 8.21. The van der Waals surface area contributed by atoms with Gasteiger partial charge in [0.2, 0.25) is 0 Å². The van der Waals surface area contributed by atoms with Gasteiger partial charge in [-0.3, -0.25) is 4.79 Å². The van der Waals surface area contributed by atoms with Crippen LogP contribution in [0.25, 0.3) is 0 Å². The van der Waals surface area contributed by atoms with Crippen LogP contribution in [0.3, 0.4) is 0 Å². The summed E-state index contributed by atoms with van der Waals surface area (Å²) in [6.45, 7) is 3.81. The Morgan fingerprint density at radius 2 is 1.92 bits per heavy atom. The van der Waals surface area contributed by atoms with E-state index in [1.807, 2.05) is 25.1 Å². The summed E-state index contributed by atoms with van der Waals surface area (Å²) in [5.74, 6) is 1.09. The summed E-state index contributed by atoms with van der Waals surface area (Å²) in [7, 11) is 0. The third-order valence-corrected chi connectivity index (χ3v) is 5.06. The van der Waals surface area contributed by atoms with Crippen LogP contribution >= 0.6 is 15.9 Å². The number of aromatic nitrogens is 2. The smallest absolute Gasteiger partial charge is 0.274 e. The number of anilines is 2. The Labute approximate surface area is 150 Å². The summed E-state index contributed by atoms with van der Waals surface area (Å²) >= 11 is 3.48. The second-order valence-corrected chi connectivity index (χ2v) is 7.08. The van der Waals surface area contributed by atoms with E-state index in [4.69, 9.17) is 0 Å². The number of nitrogens with one attached hydrogen (secondary N) is 2. The summed E-state index contributed by atoms with van der Waals surface area (Å²) in [5, 5.41) is 6.31. The largest absolute Gasteiger partial charge is 0.367 e. The van der Waals surface area contributed by atoms with Gasteiger partial charge >= 0.3 is 0 Å². The van der Waals surface area contributed by atoms with E-state index in [1.165, 1.54) is 12.8 Å². The minimum absolute atomic E-state index is 0.231. The van der Waals surface area contributed by atoms with E-state index in [1.54, 1.807) is 13.0 Å². The maximum atomic E-state index is 12.5.